The quantitative estimate of drug-likeness (QED) is 0.170. The van der Waals surface area contributed by atoms with Crippen molar-refractivity contribution in [3.8, 4) is 11.3 Å². The molecule has 0 radical (unpaired) electrons. The summed E-state index contributed by atoms with van der Waals surface area (Å²) in [6, 6.07) is 19.0. The molecule has 0 saturated heterocycles. The van der Waals surface area contributed by atoms with E-state index in [1.165, 1.54) is 30.4 Å². The number of hydrogen-bond acceptors (Lipinski definition) is 5. The van der Waals surface area contributed by atoms with E-state index in [0.29, 0.717) is 32.8 Å². The molecule has 0 amide bonds. The van der Waals surface area contributed by atoms with Crippen molar-refractivity contribution in [1.29, 1.82) is 0 Å². The van der Waals surface area contributed by atoms with Gasteiger partial charge in [0.05, 0.1) is 28.4 Å². The summed E-state index contributed by atoms with van der Waals surface area (Å²) in [5.74, 6) is 0. The van der Waals surface area contributed by atoms with Gasteiger partial charge in [-0.15, -0.1) is 11.3 Å². The van der Waals surface area contributed by atoms with Crippen molar-refractivity contribution in [1.82, 2.24) is 4.98 Å². The van der Waals surface area contributed by atoms with Crippen LogP contribution in [0.3, 0.4) is 0 Å². The van der Waals surface area contributed by atoms with E-state index < -0.39 is 24.9 Å². The number of alkyl halides is 2. The third-order valence-electron chi connectivity index (χ3n) is 5.96. The maximum absolute atomic E-state index is 15.1. The van der Waals surface area contributed by atoms with Crippen LogP contribution in [0.4, 0.5) is 19.6 Å². The van der Waals surface area contributed by atoms with Gasteiger partial charge < -0.3 is 14.3 Å². The Labute approximate surface area is 248 Å². The molecule has 5 nitrogen and oxygen atoms in total. The van der Waals surface area contributed by atoms with E-state index in [1.807, 2.05) is 40.6 Å². The normalized spacial score (nSPS) is 14.2. The van der Waals surface area contributed by atoms with Crippen LogP contribution in [0.5, 0.6) is 0 Å². The Bertz CT molecular complexity index is 1510. The van der Waals surface area contributed by atoms with Crippen LogP contribution in [0.15, 0.2) is 76.6 Å². The topological polar surface area (TPSA) is 62.7 Å². The molecule has 1 N–H and O–H groups in total. The maximum Gasteiger partial charge on any atom is 0.402 e. The molecule has 1 aromatic heterocycles. The van der Waals surface area contributed by atoms with Crippen LogP contribution in [0.2, 0.25) is 10.0 Å². The van der Waals surface area contributed by atoms with Gasteiger partial charge in [-0.05, 0) is 43.2 Å². The van der Waals surface area contributed by atoms with E-state index in [4.69, 9.17) is 32.7 Å². The average Bonchev–Trinajstić information content (AvgIpc) is 3.39. The fourth-order valence-corrected chi connectivity index (χ4v) is 6.92. The molecular formula is C27H24BrCl2F2N2O3PS. The molecular weight excluding hydrogens is 652 g/mol. The molecule has 0 aliphatic carbocycles. The minimum atomic E-state index is -5.30. The van der Waals surface area contributed by atoms with Crippen LogP contribution in [-0.2, 0) is 21.3 Å². The fourth-order valence-electron chi connectivity index (χ4n) is 3.67. The molecule has 2 atom stereocenters. The lowest BCUT2D eigenvalue weighted by molar-refractivity contribution is 0.0341. The Hall–Kier alpha value is -1.84. The van der Waals surface area contributed by atoms with Crippen molar-refractivity contribution in [2.75, 3.05) is 4.90 Å². The Morgan fingerprint density at radius 1 is 1.13 bits per heavy atom. The van der Waals surface area contributed by atoms with Gasteiger partial charge in [0.1, 0.15) is 0 Å². The summed E-state index contributed by atoms with van der Waals surface area (Å²) >= 11 is 17.0. The van der Waals surface area contributed by atoms with Crippen LogP contribution in [-0.4, -0.2) is 16.0 Å². The third-order valence-corrected chi connectivity index (χ3v) is 9.81. The number of thiazole rings is 1. The van der Waals surface area contributed by atoms with Crippen molar-refractivity contribution in [2.45, 2.75) is 38.6 Å². The minimum Gasteiger partial charge on any atom is -0.320 e. The zero-order valence-corrected chi connectivity index (χ0v) is 25.6. The molecule has 1 heterocycles. The molecule has 206 valence electrons. The summed E-state index contributed by atoms with van der Waals surface area (Å²) in [4.78, 5) is 16.8. The van der Waals surface area contributed by atoms with Gasteiger partial charge in [-0.1, -0.05) is 88.5 Å². The van der Waals surface area contributed by atoms with Crippen molar-refractivity contribution in [3.05, 3.63) is 97.8 Å². The molecule has 4 aromatic rings. The van der Waals surface area contributed by atoms with Crippen molar-refractivity contribution in [2.24, 2.45) is 0 Å². The van der Waals surface area contributed by atoms with Crippen LogP contribution in [0, 0.1) is 0 Å². The van der Waals surface area contributed by atoms with E-state index in [0.717, 1.165) is 17.3 Å². The lowest BCUT2D eigenvalue weighted by Gasteiger charge is -2.26. The van der Waals surface area contributed by atoms with E-state index in [9.17, 15) is 9.46 Å². The van der Waals surface area contributed by atoms with E-state index in [1.54, 1.807) is 25.1 Å². The predicted octanol–water partition coefficient (Wildman–Crippen LogP) is 10.3. The molecule has 0 spiro atoms. The number of halogens is 5. The van der Waals surface area contributed by atoms with E-state index in [2.05, 4.69) is 15.9 Å². The summed E-state index contributed by atoms with van der Waals surface area (Å²) in [6.07, 6.45) is -0.489. The largest absolute Gasteiger partial charge is 0.402 e. The number of hydrogen-bond donors (Lipinski definition) is 1. The molecule has 0 bridgehead atoms. The molecule has 0 aliphatic heterocycles. The van der Waals surface area contributed by atoms with Crippen LogP contribution in [0.25, 0.3) is 11.3 Å². The van der Waals surface area contributed by atoms with Crippen LogP contribution >= 0.6 is 58.1 Å². The maximum atomic E-state index is 15.1. The molecule has 3 aromatic carbocycles. The highest BCUT2D eigenvalue weighted by atomic mass is 79.9. The number of rotatable bonds is 10. The molecule has 2 unspecified atom stereocenters. The molecule has 12 heteroatoms. The van der Waals surface area contributed by atoms with Gasteiger partial charge in [-0.3, -0.25) is 4.57 Å². The smallest absolute Gasteiger partial charge is 0.320 e. The first-order valence-electron chi connectivity index (χ1n) is 11.8. The zero-order valence-electron chi connectivity index (χ0n) is 20.8. The number of nitrogens with zero attached hydrogens (tertiary/aromatic N) is 2. The summed E-state index contributed by atoms with van der Waals surface area (Å²) in [6.45, 7) is 3.39. The van der Waals surface area contributed by atoms with Gasteiger partial charge in [0.15, 0.2) is 5.13 Å². The first-order valence-corrected chi connectivity index (χ1v) is 15.8. The second-order valence-electron chi connectivity index (χ2n) is 8.77. The average molecular weight is 676 g/mol. The predicted molar refractivity (Wildman–Crippen MR) is 159 cm³/mol. The second kappa shape index (κ2) is 12.4. The lowest BCUT2D eigenvalue weighted by Crippen LogP contribution is -2.20. The molecule has 4 rings (SSSR count). The third kappa shape index (κ3) is 6.73. The monoisotopic (exact) mass is 674 g/mol. The van der Waals surface area contributed by atoms with Gasteiger partial charge in [-0.25, -0.2) is 4.98 Å². The first-order chi connectivity index (χ1) is 18.4. The van der Waals surface area contributed by atoms with E-state index >= 15 is 8.78 Å². The first kappa shape index (κ1) is 30.1. The molecule has 0 aliphatic rings. The van der Waals surface area contributed by atoms with E-state index in [-0.39, 0.29) is 11.0 Å². The fraction of sp³-hybridized carbons (Fsp3) is 0.222. The SMILES string of the molecule is CCC(C)OP(=O)(O)C(F)(F)c1ccc(CN(c2ccc(Cl)c(Cl)c2)c2nc(-c3ccccc3)cs2)cc1Br. The van der Waals surface area contributed by atoms with Gasteiger partial charge in [0.25, 0.3) is 0 Å². The van der Waals surface area contributed by atoms with Crippen molar-refractivity contribution >= 4 is 68.9 Å². The summed E-state index contributed by atoms with van der Waals surface area (Å²) in [7, 11) is -5.30. The summed E-state index contributed by atoms with van der Waals surface area (Å²) < 4.78 is 47.6. The zero-order chi connectivity index (χ0) is 28.4. The van der Waals surface area contributed by atoms with Gasteiger partial charge in [0, 0.05) is 26.7 Å². The van der Waals surface area contributed by atoms with Crippen LogP contribution < -0.4 is 4.90 Å². The van der Waals surface area contributed by atoms with Crippen molar-refractivity contribution in [3.63, 3.8) is 0 Å². The second-order valence-corrected chi connectivity index (χ2v) is 13.1. The summed E-state index contributed by atoms with van der Waals surface area (Å²) in [5, 5.41) is 3.34. The van der Waals surface area contributed by atoms with Gasteiger partial charge in [0.2, 0.25) is 0 Å². The Kier molecular flexibility index (Phi) is 9.54. The molecule has 0 fully saturated rings. The van der Waals surface area contributed by atoms with Crippen molar-refractivity contribution < 1.29 is 22.8 Å². The highest BCUT2D eigenvalue weighted by molar-refractivity contribution is 9.10. The van der Waals surface area contributed by atoms with Crippen LogP contribution in [0.1, 0.15) is 31.4 Å². The van der Waals surface area contributed by atoms with Gasteiger partial charge in [-0.2, -0.15) is 8.78 Å². The number of aromatic nitrogens is 1. The lowest BCUT2D eigenvalue weighted by atomic mass is 10.1. The van der Waals surface area contributed by atoms with Gasteiger partial charge >= 0.3 is 13.3 Å². The highest BCUT2D eigenvalue weighted by Gasteiger charge is 2.54. The standard InChI is InChI=1S/C27H24BrCl2F2N2O3PS/c1-3-17(2)37-38(35,36)27(31,32)21-11-9-18(13-22(21)28)15-34(20-10-12-23(29)24(30)14-20)26-33-25(16-39-26)19-7-5-4-6-8-19/h4-14,16-17H,3,15H2,1-2H3,(H,35,36). The number of benzene rings is 3. The Balaban J connectivity index is 1.69. The Morgan fingerprint density at radius 3 is 2.49 bits per heavy atom. The highest BCUT2D eigenvalue weighted by Crippen LogP contribution is 2.64. The molecule has 0 saturated carbocycles. The number of anilines is 2. The summed E-state index contributed by atoms with van der Waals surface area (Å²) in [5.41, 5.74) is -1.67. The Morgan fingerprint density at radius 2 is 1.85 bits per heavy atom. The minimum absolute atomic E-state index is 0.0229. The molecule has 39 heavy (non-hydrogen) atoms.